The Morgan fingerprint density at radius 2 is 2.00 bits per heavy atom. The largest absolute Gasteiger partial charge is 0.493 e. The Bertz CT molecular complexity index is 561. The molecule has 2 N–H and O–H groups in total. The van der Waals surface area contributed by atoms with E-state index in [1.807, 2.05) is 18.2 Å². The summed E-state index contributed by atoms with van der Waals surface area (Å²) in [6.45, 7) is 0.965. The van der Waals surface area contributed by atoms with Crippen LogP contribution < -0.4 is 15.2 Å². The van der Waals surface area contributed by atoms with E-state index in [-0.39, 0.29) is 0 Å². The zero-order valence-electron chi connectivity index (χ0n) is 11.3. The van der Waals surface area contributed by atoms with Crippen LogP contribution in [0.25, 0.3) is 0 Å². The molecular weight excluding hydrogens is 276 g/mol. The van der Waals surface area contributed by atoms with Crippen LogP contribution in [0.15, 0.2) is 36.7 Å². The summed E-state index contributed by atoms with van der Waals surface area (Å²) in [4.78, 5) is 3.98. The Kier molecular flexibility index (Phi) is 5.21. The second kappa shape index (κ2) is 7.12. The minimum Gasteiger partial charge on any atom is -0.493 e. The summed E-state index contributed by atoms with van der Waals surface area (Å²) < 4.78 is 11.2. The zero-order chi connectivity index (χ0) is 14.4. The van der Waals surface area contributed by atoms with Gasteiger partial charge >= 0.3 is 0 Å². The molecular formula is C15H17ClN2O2. The van der Waals surface area contributed by atoms with Gasteiger partial charge in [-0.25, -0.2) is 0 Å². The molecule has 20 heavy (non-hydrogen) atoms. The smallest absolute Gasteiger partial charge is 0.164 e. The topological polar surface area (TPSA) is 57.4 Å². The van der Waals surface area contributed by atoms with Crippen molar-refractivity contribution < 1.29 is 9.47 Å². The molecule has 0 bridgehead atoms. The molecule has 0 atom stereocenters. The van der Waals surface area contributed by atoms with Gasteiger partial charge < -0.3 is 15.2 Å². The fourth-order valence-electron chi connectivity index (χ4n) is 1.91. The van der Waals surface area contributed by atoms with Crippen molar-refractivity contribution in [3.63, 3.8) is 0 Å². The van der Waals surface area contributed by atoms with E-state index < -0.39 is 0 Å². The van der Waals surface area contributed by atoms with Crippen molar-refractivity contribution in [3.8, 4) is 11.5 Å². The maximum atomic E-state index is 6.07. The second-order valence-electron chi connectivity index (χ2n) is 4.28. The first-order chi connectivity index (χ1) is 9.74. The maximum absolute atomic E-state index is 6.07. The molecule has 106 valence electrons. The van der Waals surface area contributed by atoms with E-state index in [0.717, 1.165) is 11.1 Å². The quantitative estimate of drug-likeness (QED) is 0.889. The number of rotatable bonds is 6. The van der Waals surface area contributed by atoms with Crippen LogP contribution in [0.1, 0.15) is 11.1 Å². The van der Waals surface area contributed by atoms with Crippen molar-refractivity contribution >= 4 is 11.6 Å². The normalized spacial score (nSPS) is 10.3. The monoisotopic (exact) mass is 292 g/mol. The average molecular weight is 293 g/mol. The minimum atomic E-state index is 0.443. The fraction of sp³-hybridized carbons (Fsp3) is 0.267. The number of hydrogen-bond donors (Lipinski definition) is 1. The Balaban J connectivity index is 2.24. The number of aromatic nitrogens is 1. The average Bonchev–Trinajstić information content (AvgIpc) is 2.47. The Morgan fingerprint density at radius 3 is 2.65 bits per heavy atom. The summed E-state index contributed by atoms with van der Waals surface area (Å²) in [7, 11) is 1.59. The number of nitrogens with two attached hydrogens (primary N) is 1. The molecule has 0 radical (unpaired) electrons. The van der Waals surface area contributed by atoms with E-state index in [2.05, 4.69) is 4.98 Å². The predicted molar refractivity (Wildman–Crippen MR) is 79.3 cm³/mol. The zero-order valence-corrected chi connectivity index (χ0v) is 12.1. The van der Waals surface area contributed by atoms with Crippen LogP contribution in [0.3, 0.4) is 0 Å². The van der Waals surface area contributed by atoms with Gasteiger partial charge in [-0.15, -0.1) is 0 Å². The molecule has 0 aliphatic heterocycles. The molecule has 0 fully saturated rings. The third kappa shape index (κ3) is 3.62. The summed E-state index contributed by atoms with van der Waals surface area (Å²) in [6.07, 6.45) is 4.15. The number of hydrogen-bond acceptors (Lipinski definition) is 4. The molecule has 1 aromatic heterocycles. The number of methoxy groups -OCH3 is 1. The van der Waals surface area contributed by atoms with Gasteiger partial charge in [-0.1, -0.05) is 11.6 Å². The molecule has 2 aromatic rings. The maximum Gasteiger partial charge on any atom is 0.164 e. The van der Waals surface area contributed by atoms with Gasteiger partial charge in [0.15, 0.2) is 11.5 Å². The van der Waals surface area contributed by atoms with Gasteiger partial charge in [-0.3, -0.25) is 4.98 Å². The Morgan fingerprint density at radius 1 is 1.25 bits per heavy atom. The van der Waals surface area contributed by atoms with Crippen molar-refractivity contribution in [2.75, 3.05) is 13.7 Å². The Labute approximate surface area is 123 Å². The standard InChI is InChI=1S/C15H17ClN2O2/c1-19-14-9-13(16)8-12(2-5-17)15(14)20-10-11-3-6-18-7-4-11/h3-4,6-9H,2,5,10,17H2,1H3. The Hall–Kier alpha value is -1.78. The second-order valence-corrected chi connectivity index (χ2v) is 4.72. The molecule has 1 heterocycles. The van der Waals surface area contributed by atoms with E-state index in [1.165, 1.54) is 0 Å². The molecule has 0 saturated heterocycles. The van der Waals surface area contributed by atoms with Crippen LogP contribution in [0.5, 0.6) is 11.5 Å². The molecule has 4 nitrogen and oxygen atoms in total. The lowest BCUT2D eigenvalue weighted by atomic mass is 10.1. The van der Waals surface area contributed by atoms with Crippen molar-refractivity contribution in [2.45, 2.75) is 13.0 Å². The summed E-state index contributed by atoms with van der Waals surface area (Å²) in [5.74, 6) is 1.31. The van der Waals surface area contributed by atoms with Crippen LogP contribution in [0, 0.1) is 0 Å². The molecule has 0 aliphatic carbocycles. The lowest BCUT2D eigenvalue weighted by Gasteiger charge is -2.15. The third-order valence-corrected chi connectivity index (χ3v) is 3.08. The lowest BCUT2D eigenvalue weighted by Crippen LogP contribution is -2.07. The molecule has 0 spiro atoms. The molecule has 0 aliphatic rings. The molecule has 0 amide bonds. The van der Waals surface area contributed by atoms with E-state index in [0.29, 0.717) is 36.1 Å². The van der Waals surface area contributed by atoms with E-state index in [9.17, 15) is 0 Å². The highest BCUT2D eigenvalue weighted by molar-refractivity contribution is 6.30. The predicted octanol–water partition coefficient (Wildman–Crippen LogP) is 2.82. The SMILES string of the molecule is COc1cc(Cl)cc(CCN)c1OCc1ccncc1. The van der Waals surface area contributed by atoms with Crippen molar-refractivity contribution in [1.29, 1.82) is 0 Å². The van der Waals surface area contributed by atoms with Crippen molar-refractivity contribution in [3.05, 3.63) is 52.8 Å². The third-order valence-electron chi connectivity index (χ3n) is 2.86. The first-order valence-corrected chi connectivity index (χ1v) is 6.70. The first kappa shape index (κ1) is 14.6. The minimum absolute atomic E-state index is 0.443. The summed E-state index contributed by atoms with van der Waals surface area (Å²) >= 11 is 6.07. The number of pyridine rings is 1. The van der Waals surface area contributed by atoms with Crippen LogP contribution in [0.2, 0.25) is 5.02 Å². The van der Waals surface area contributed by atoms with Crippen LogP contribution in [-0.2, 0) is 13.0 Å². The lowest BCUT2D eigenvalue weighted by molar-refractivity contribution is 0.281. The van der Waals surface area contributed by atoms with E-state index in [1.54, 1.807) is 25.6 Å². The van der Waals surface area contributed by atoms with Crippen molar-refractivity contribution in [1.82, 2.24) is 4.98 Å². The van der Waals surface area contributed by atoms with Gasteiger partial charge in [-0.05, 0) is 36.7 Å². The summed E-state index contributed by atoms with van der Waals surface area (Å²) in [6, 6.07) is 7.41. The van der Waals surface area contributed by atoms with E-state index in [4.69, 9.17) is 26.8 Å². The molecule has 0 saturated carbocycles. The van der Waals surface area contributed by atoms with Gasteiger partial charge in [-0.2, -0.15) is 0 Å². The number of halogens is 1. The number of nitrogens with zero attached hydrogens (tertiary/aromatic N) is 1. The number of ether oxygens (including phenoxy) is 2. The highest BCUT2D eigenvalue weighted by Crippen LogP contribution is 2.35. The van der Waals surface area contributed by atoms with Crippen LogP contribution in [0.4, 0.5) is 0 Å². The number of benzene rings is 1. The van der Waals surface area contributed by atoms with Gasteiger partial charge in [0, 0.05) is 29.0 Å². The summed E-state index contributed by atoms with van der Waals surface area (Å²) in [5.41, 5.74) is 7.62. The molecule has 1 aromatic carbocycles. The molecule has 2 rings (SSSR count). The van der Waals surface area contributed by atoms with E-state index >= 15 is 0 Å². The first-order valence-electron chi connectivity index (χ1n) is 6.32. The van der Waals surface area contributed by atoms with Gasteiger partial charge in [0.25, 0.3) is 0 Å². The van der Waals surface area contributed by atoms with Crippen LogP contribution >= 0.6 is 11.6 Å². The van der Waals surface area contributed by atoms with Crippen LogP contribution in [-0.4, -0.2) is 18.6 Å². The van der Waals surface area contributed by atoms with Gasteiger partial charge in [0.05, 0.1) is 7.11 Å². The fourth-order valence-corrected chi connectivity index (χ4v) is 2.14. The highest BCUT2D eigenvalue weighted by Gasteiger charge is 2.12. The van der Waals surface area contributed by atoms with Gasteiger partial charge in [0.2, 0.25) is 0 Å². The summed E-state index contributed by atoms with van der Waals surface area (Å²) in [5, 5.41) is 0.613. The van der Waals surface area contributed by atoms with Crippen molar-refractivity contribution in [2.24, 2.45) is 5.73 Å². The van der Waals surface area contributed by atoms with Gasteiger partial charge in [0.1, 0.15) is 6.61 Å². The molecule has 5 heteroatoms. The molecule has 0 unspecified atom stereocenters. The highest BCUT2D eigenvalue weighted by atomic mass is 35.5.